The van der Waals surface area contributed by atoms with Gasteiger partial charge in [0, 0.05) is 0 Å². The third kappa shape index (κ3) is 9.17. The first-order valence-corrected chi connectivity index (χ1v) is 10.6. The molecule has 0 aliphatic heterocycles. The summed E-state index contributed by atoms with van der Waals surface area (Å²) < 4.78 is 11.1. The second-order valence-electron chi connectivity index (χ2n) is 8.34. The van der Waals surface area contributed by atoms with Crippen molar-refractivity contribution in [3.63, 3.8) is 0 Å². The molecule has 0 radical (unpaired) electrons. The minimum absolute atomic E-state index is 0.110. The van der Waals surface area contributed by atoms with Crippen molar-refractivity contribution in [3.8, 4) is 0 Å². The van der Waals surface area contributed by atoms with E-state index in [1.165, 1.54) is 0 Å². The molecule has 0 aliphatic rings. The number of rotatable bonds is 10. The van der Waals surface area contributed by atoms with Gasteiger partial charge in [-0.15, -0.1) is 12.6 Å². The van der Waals surface area contributed by atoms with Crippen LogP contribution in [0.4, 0.5) is 4.79 Å². The minimum atomic E-state index is -1.05. The Labute approximate surface area is 184 Å². The molecule has 8 heteroatoms. The third-order valence-corrected chi connectivity index (χ3v) is 4.83. The summed E-state index contributed by atoms with van der Waals surface area (Å²) in [6.45, 7) is 10.9. The average Bonchev–Trinajstić information content (AvgIpc) is 2.66. The van der Waals surface area contributed by atoms with Gasteiger partial charge in [-0.3, -0.25) is 9.59 Å². The molecule has 2 N–H and O–H groups in total. The fourth-order valence-corrected chi connectivity index (χ4v) is 2.97. The summed E-state index contributed by atoms with van der Waals surface area (Å²) in [5.74, 6) is -0.643. The van der Waals surface area contributed by atoms with Gasteiger partial charge in [0.1, 0.15) is 17.7 Å². The molecule has 0 spiro atoms. The fourth-order valence-electron chi connectivity index (χ4n) is 2.65. The van der Waals surface area contributed by atoms with Crippen LogP contribution in [0.1, 0.15) is 53.5 Å². The maximum atomic E-state index is 13.0. The number of hydrogen-bond donors (Lipinski definition) is 3. The molecule has 1 rings (SSSR count). The molecule has 2 unspecified atom stereocenters. The van der Waals surface area contributed by atoms with Crippen LogP contribution < -0.4 is 10.6 Å². The van der Waals surface area contributed by atoms with Gasteiger partial charge in [0.15, 0.2) is 0 Å². The largest absolute Gasteiger partial charge is 0.444 e. The summed E-state index contributed by atoms with van der Waals surface area (Å²) in [7, 11) is 0. The molecule has 0 aromatic heterocycles. The van der Waals surface area contributed by atoms with Gasteiger partial charge in [0.05, 0.1) is 12.7 Å². The molecule has 0 aliphatic carbocycles. The van der Waals surface area contributed by atoms with Gasteiger partial charge < -0.3 is 20.1 Å². The summed E-state index contributed by atoms with van der Waals surface area (Å²) in [4.78, 5) is 37.2. The lowest BCUT2D eigenvalue weighted by Gasteiger charge is -2.29. The number of carbonyl (C=O) groups is 3. The van der Waals surface area contributed by atoms with E-state index in [9.17, 15) is 14.4 Å². The van der Waals surface area contributed by atoms with Crippen LogP contribution in [0.25, 0.3) is 0 Å². The summed E-state index contributed by atoms with van der Waals surface area (Å²) in [5, 5.41) is 4.84. The molecule has 168 valence electrons. The maximum Gasteiger partial charge on any atom is 0.408 e. The van der Waals surface area contributed by atoms with Gasteiger partial charge in [0.25, 0.3) is 0 Å². The van der Waals surface area contributed by atoms with Gasteiger partial charge in [-0.1, -0.05) is 50.6 Å². The quantitative estimate of drug-likeness (QED) is 0.486. The first kappa shape index (κ1) is 26.0. The van der Waals surface area contributed by atoms with Gasteiger partial charge in [-0.05, 0) is 39.2 Å². The first-order valence-electron chi connectivity index (χ1n) is 10.1. The van der Waals surface area contributed by atoms with E-state index in [1.807, 2.05) is 44.2 Å². The van der Waals surface area contributed by atoms with E-state index in [0.29, 0.717) is 6.42 Å². The maximum absolute atomic E-state index is 13.0. The molecule has 1 aromatic carbocycles. The summed E-state index contributed by atoms with van der Waals surface area (Å²) >= 11 is 3.90. The highest BCUT2D eigenvalue weighted by Gasteiger charge is 2.33. The number of hydrogen-bond acceptors (Lipinski definition) is 5. The normalized spacial score (nSPS) is 15.4. The van der Waals surface area contributed by atoms with Gasteiger partial charge in [-0.25, -0.2) is 4.79 Å². The van der Waals surface area contributed by atoms with Crippen LogP contribution in [0.3, 0.4) is 0 Å². The van der Waals surface area contributed by atoms with Crippen LogP contribution >= 0.6 is 12.6 Å². The van der Waals surface area contributed by atoms with Crippen molar-refractivity contribution in [1.29, 1.82) is 0 Å². The lowest BCUT2D eigenvalue weighted by Crippen LogP contribution is -2.57. The van der Waals surface area contributed by atoms with Crippen molar-refractivity contribution in [2.45, 2.75) is 78.4 Å². The lowest BCUT2D eigenvalue weighted by atomic mass is 9.99. The Balaban J connectivity index is 2.95. The molecule has 1 aromatic rings. The Morgan fingerprint density at radius 3 is 2.13 bits per heavy atom. The second kappa shape index (κ2) is 12.0. The lowest BCUT2D eigenvalue weighted by molar-refractivity contribution is -0.130. The first-order chi connectivity index (χ1) is 13.9. The Hall–Kier alpha value is -2.06. The van der Waals surface area contributed by atoms with Crippen molar-refractivity contribution in [2.75, 3.05) is 0 Å². The van der Waals surface area contributed by atoms with Gasteiger partial charge in [0.2, 0.25) is 11.0 Å². The van der Waals surface area contributed by atoms with E-state index in [2.05, 4.69) is 23.3 Å². The van der Waals surface area contributed by atoms with Crippen molar-refractivity contribution >= 4 is 29.7 Å². The number of thiol groups is 1. The fraction of sp³-hybridized carbons (Fsp3) is 0.591. The van der Waals surface area contributed by atoms with Crippen LogP contribution in [-0.2, 0) is 25.7 Å². The van der Waals surface area contributed by atoms with Crippen molar-refractivity contribution in [3.05, 3.63) is 35.9 Å². The van der Waals surface area contributed by atoms with E-state index >= 15 is 0 Å². The molecular formula is C22H34N2O5S. The van der Waals surface area contributed by atoms with E-state index in [0.717, 1.165) is 5.56 Å². The van der Waals surface area contributed by atoms with Gasteiger partial charge in [-0.2, -0.15) is 0 Å². The van der Waals surface area contributed by atoms with Crippen molar-refractivity contribution in [1.82, 2.24) is 10.6 Å². The third-order valence-electron chi connectivity index (χ3n) is 4.56. The standard InChI is InChI=1S/C22H34N2O5S/c1-7-14(2)17(20(26)30)23-19(25)18(24-21(27)29-22(4,5)6)15(3)28-13-16-11-9-8-10-12-16/h8-12,14-15,17-18H,7,13H2,1-6H3,(H,23,25)(H,24,27)(H,26,30)/t14?,15?,17-,18-/m0/s1. The topological polar surface area (TPSA) is 93.7 Å². The van der Waals surface area contributed by atoms with Gasteiger partial charge >= 0.3 is 6.09 Å². The monoisotopic (exact) mass is 438 g/mol. The SMILES string of the molecule is CCC(C)[C@H](NC(=O)[C@@H](NC(=O)OC(C)(C)C)C(C)OCc1ccccc1)C(=O)S. The van der Waals surface area contributed by atoms with Crippen molar-refractivity contribution in [2.24, 2.45) is 5.92 Å². The molecule has 4 atom stereocenters. The number of ether oxygens (including phenoxy) is 2. The molecule has 0 bridgehead atoms. The summed E-state index contributed by atoms with van der Waals surface area (Å²) in [6, 6.07) is 7.67. The molecule has 0 heterocycles. The highest BCUT2D eigenvalue weighted by molar-refractivity contribution is 7.96. The smallest absolute Gasteiger partial charge is 0.408 e. The predicted molar refractivity (Wildman–Crippen MR) is 119 cm³/mol. The minimum Gasteiger partial charge on any atom is -0.444 e. The molecule has 0 fully saturated rings. The van der Waals surface area contributed by atoms with E-state index < -0.39 is 40.9 Å². The van der Waals surface area contributed by atoms with E-state index in [4.69, 9.17) is 9.47 Å². The Kier molecular flexibility index (Phi) is 10.4. The molecular weight excluding hydrogens is 404 g/mol. The van der Waals surface area contributed by atoms with Crippen LogP contribution in [-0.4, -0.2) is 40.9 Å². The second-order valence-corrected chi connectivity index (χ2v) is 8.78. The highest BCUT2D eigenvalue weighted by atomic mass is 32.1. The number of amides is 2. The zero-order chi connectivity index (χ0) is 22.9. The van der Waals surface area contributed by atoms with Crippen molar-refractivity contribution < 1.29 is 23.9 Å². The highest BCUT2D eigenvalue weighted by Crippen LogP contribution is 2.13. The summed E-state index contributed by atoms with van der Waals surface area (Å²) in [6.07, 6.45) is -0.734. The Bertz CT molecular complexity index is 705. The molecule has 0 saturated carbocycles. The van der Waals surface area contributed by atoms with Crippen LogP contribution in [0.5, 0.6) is 0 Å². The Morgan fingerprint density at radius 1 is 1.03 bits per heavy atom. The Morgan fingerprint density at radius 2 is 1.63 bits per heavy atom. The van der Waals surface area contributed by atoms with E-state index in [1.54, 1.807) is 27.7 Å². The number of benzene rings is 1. The van der Waals surface area contributed by atoms with E-state index in [-0.39, 0.29) is 12.5 Å². The average molecular weight is 439 g/mol. The zero-order valence-electron chi connectivity index (χ0n) is 18.6. The number of alkyl carbamates (subject to hydrolysis) is 1. The predicted octanol–water partition coefficient (Wildman–Crippen LogP) is 3.47. The summed E-state index contributed by atoms with van der Waals surface area (Å²) in [5.41, 5.74) is 0.211. The number of nitrogens with one attached hydrogen (secondary N) is 2. The van der Waals surface area contributed by atoms with Crippen LogP contribution in [0.2, 0.25) is 0 Å². The number of carbonyl (C=O) groups excluding carboxylic acids is 3. The molecule has 30 heavy (non-hydrogen) atoms. The molecule has 2 amide bonds. The molecule has 0 saturated heterocycles. The van der Waals surface area contributed by atoms with Crippen LogP contribution in [0.15, 0.2) is 30.3 Å². The zero-order valence-corrected chi connectivity index (χ0v) is 19.5. The molecule has 7 nitrogen and oxygen atoms in total. The van der Waals surface area contributed by atoms with Crippen LogP contribution in [0, 0.1) is 5.92 Å².